The second-order valence-corrected chi connectivity index (χ2v) is 3.45. The highest BCUT2D eigenvalue weighted by atomic mass is 16.5. The molecule has 0 aliphatic heterocycles. The lowest BCUT2D eigenvalue weighted by Gasteiger charge is -2.11. The number of ether oxygens (including phenoxy) is 1. The van der Waals surface area contributed by atoms with Crippen molar-refractivity contribution in [1.82, 2.24) is 5.32 Å². The van der Waals surface area contributed by atoms with Gasteiger partial charge in [-0.25, -0.2) is 0 Å². The van der Waals surface area contributed by atoms with E-state index in [9.17, 15) is 5.11 Å². The van der Waals surface area contributed by atoms with Gasteiger partial charge >= 0.3 is 0 Å². The van der Waals surface area contributed by atoms with E-state index in [0.29, 0.717) is 19.8 Å². The summed E-state index contributed by atoms with van der Waals surface area (Å²) in [6.45, 7) is 4.34. The molecule has 1 unspecified atom stereocenters. The van der Waals surface area contributed by atoms with E-state index in [1.54, 1.807) is 6.26 Å². The molecule has 0 spiro atoms. The lowest BCUT2D eigenvalue weighted by atomic mass is 10.3. The Morgan fingerprint density at radius 1 is 1.60 bits per heavy atom. The maximum absolute atomic E-state index is 9.49. The Labute approximate surface area is 90.2 Å². The molecule has 15 heavy (non-hydrogen) atoms. The first-order valence-corrected chi connectivity index (χ1v) is 5.31. The first-order chi connectivity index (χ1) is 7.33. The molecule has 0 saturated carbocycles. The van der Waals surface area contributed by atoms with E-state index in [4.69, 9.17) is 9.15 Å². The maximum Gasteiger partial charge on any atom is 0.129 e. The molecule has 0 aromatic carbocycles. The lowest BCUT2D eigenvalue weighted by Crippen LogP contribution is -2.30. The second kappa shape index (κ2) is 7.45. The molecule has 1 heterocycles. The van der Waals surface area contributed by atoms with E-state index >= 15 is 0 Å². The average Bonchev–Trinajstić information content (AvgIpc) is 2.71. The molecule has 0 aliphatic carbocycles. The van der Waals surface area contributed by atoms with Gasteiger partial charge in [0.1, 0.15) is 12.4 Å². The molecule has 0 saturated heterocycles. The largest absolute Gasteiger partial charge is 0.467 e. The van der Waals surface area contributed by atoms with Gasteiger partial charge < -0.3 is 19.6 Å². The number of rotatable bonds is 8. The number of furan rings is 1. The molecule has 1 atom stereocenters. The highest BCUT2D eigenvalue weighted by molar-refractivity contribution is 4.96. The van der Waals surface area contributed by atoms with E-state index in [2.05, 4.69) is 12.2 Å². The van der Waals surface area contributed by atoms with Crippen molar-refractivity contribution in [2.45, 2.75) is 26.1 Å². The average molecular weight is 213 g/mol. The summed E-state index contributed by atoms with van der Waals surface area (Å²) in [4.78, 5) is 0. The van der Waals surface area contributed by atoms with Crippen LogP contribution in [-0.2, 0) is 11.3 Å². The fourth-order valence-corrected chi connectivity index (χ4v) is 1.19. The predicted octanol–water partition coefficient (Wildman–Crippen LogP) is 1.16. The van der Waals surface area contributed by atoms with Crippen molar-refractivity contribution in [1.29, 1.82) is 0 Å². The SMILES string of the molecule is CCCNCC(O)COCc1ccco1. The summed E-state index contributed by atoms with van der Waals surface area (Å²) < 4.78 is 10.4. The first-order valence-electron chi connectivity index (χ1n) is 5.31. The van der Waals surface area contributed by atoms with Crippen molar-refractivity contribution in [3.8, 4) is 0 Å². The van der Waals surface area contributed by atoms with Crippen LogP contribution in [0.2, 0.25) is 0 Å². The minimum Gasteiger partial charge on any atom is -0.467 e. The van der Waals surface area contributed by atoms with Crippen molar-refractivity contribution in [2.24, 2.45) is 0 Å². The zero-order valence-corrected chi connectivity index (χ0v) is 9.11. The van der Waals surface area contributed by atoms with Crippen LogP contribution in [0.1, 0.15) is 19.1 Å². The zero-order valence-electron chi connectivity index (χ0n) is 9.11. The molecule has 0 fully saturated rings. The van der Waals surface area contributed by atoms with E-state index in [-0.39, 0.29) is 0 Å². The summed E-state index contributed by atoms with van der Waals surface area (Å²) in [6.07, 6.45) is 2.23. The van der Waals surface area contributed by atoms with Gasteiger partial charge in [-0.2, -0.15) is 0 Å². The molecule has 4 heteroatoms. The highest BCUT2D eigenvalue weighted by Crippen LogP contribution is 2.01. The van der Waals surface area contributed by atoms with Crippen molar-refractivity contribution >= 4 is 0 Å². The molecular formula is C11H19NO3. The summed E-state index contributed by atoms with van der Waals surface area (Å²) in [5.41, 5.74) is 0. The summed E-state index contributed by atoms with van der Waals surface area (Å²) >= 11 is 0. The van der Waals surface area contributed by atoms with E-state index in [1.807, 2.05) is 12.1 Å². The molecular weight excluding hydrogens is 194 g/mol. The van der Waals surface area contributed by atoms with Crippen molar-refractivity contribution in [3.63, 3.8) is 0 Å². The fourth-order valence-electron chi connectivity index (χ4n) is 1.19. The molecule has 0 amide bonds. The van der Waals surface area contributed by atoms with Crippen molar-refractivity contribution in [3.05, 3.63) is 24.2 Å². The van der Waals surface area contributed by atoms with Crippen LogP contribution in [0.5, 0.6) is 0 Å². The van der Waals surface area contributed by atoms with Crippen LogP contribution < -0.4 is 5.32 Å². The number of hydrogen-bond donors (Lipinski definition) is 2. The van der Waals surface area contributed by atoms with Gasteiger partial charge in [-0.15, -0.1) is 0 Å². The van der Waals surface area contributed by atoms with Crippen LogP contribution >= 0.6 is 0 Å². The fraction of sp³-hybridized carbons (Fsp3) is 0.636. The minimum atomic E-state index is -0.452. The standard InChI is InChI=1S/C11H19NO3/c1-2-5-12-7-10(13)8-14-9-11-4-3-6-15-11/h3-4,6,10,12-13H,2,5,7-9H2,1H3. The Morgan fingerprint density at radius 2 is 2.47 bits per heavy atom. The summed E-state index contributed by atoms with van der Waals surface area (Å²) in [5, 5.41) is 12.6. The van der Waals surface area contributed by atoms with Crippen LogP contribution in [0.4, 0.5) is 0 Å². The smallest absolute Gasteiger partial charge is 0.129 e. The van der Waals surface area contributed by atoms with Gasteiger partial charge in [-0.3, -0.25) is 0 Å². The van der Waals surface area contributed by atoms with E-state index in [0.717, 1.165) is 18.7 Å². The second-order valence-electron chi connectivity index (χ2n) is 3.45. The molecule has 2 N–H and O–H groups in total. The predicted molar refractivity (Wildman–Crippen MR) is 57.5 cm³/mol. The van der Waals surface area contributed by atoms with Gasteiger partial charge in [-0.05, 0) is 25.1 Å². The topological polar surface area (TPSA) is 54.6 Å². The third-order valence-corrected chi connectivity index (χ3v) is 1.94. The molecule has 0 bridgehead atoms. The molecule has 1 aromatic heterocycles. The summed E-state index contributed by atoms with van der Waals surface area (Å²) in [5.74, 6) is 0.781. The van der Waals surface area contributed by atoms with Gasteiger partial charge in [0, 0.05) is 6.54 Å². The van der Waals surface area contributed by atoms with E-state index in [1.165, 1.54) is 0 Å². The van der Waals surface area contributed by atoms with Crippen molar-refractivity contribution in [2.75, 3.05) is 19.7 Å². The third-order valence-electron chi connectivity index (χ3n) is 1.94. The van der Waals surface area contributed by atoms with E-state index < -0.39 is 6.10 Å². The highest BCUT2D eigenvalue weighted by Gasteiger charge is 2.03. The molecule has 1 aromatic rings. The number of aliphatic hydroxyl groups excluding tert-OH is 1. The first kappa shape index (κ1) is 12.2. The number of nitrogens with one attached hydrogen (secondary N) is 1. The monoisotopic (exact) mass is 213 g/mol. The minimum absolute atomic E-state index is 0.331. The number of hydrogen-bond acceptors (Lipinski definition) is 4. The lowest BCUT2D eigenvalue weighted by molar-refractivity contribution is 0.0228. The van der Waals surface area contributed by atoms with Gasteiger partial charge in [0.05, 0.1) is 19.0 Å². The Kier molecular flexibility index (Phi) is 6.08. The van der Waals surface area contributed by atoms with Crippen LogP contribution in [0.25, 0.3) is 0 Å². The Morgan fingerprint density at radius 3 is 3.13 bits per heavy atom. The van der Waals surface area contributed by atoms with Gasteiger partial charge in [0.2, 0.25) is 0 Å². The third kappa shape index (κ3) is 5.57. The van der Waals surface area contributed by atoms with Gasteiger partial charge in [0.15, 0.2) is 0 Å². The van der Waals surface area contributed by atoms with Gasteiger partial charge in [0.25, 0.3) is 0 Å². The molecule has 0 aliphatic rings. The number of aliphatic hydroxyl groups is 1. The maximum atomic E-state index is 9.49. The molecule has 0 radical (unpaired) electrons. The van der Waals surface area contributed by atoms with Crippen LogP contribution in [0.15, 0.2) is 22.8 Å². The Hall–Kier alpha value is -0.840. The normalized spacial score (nSPS) is 12.9. The van der Waals surface area contributed by atoms with Gasteiger partial charge in [-0.1, -0.05) is 6.92 Å². The molecule has 1 rings (SSSR count). The summed E-state index contributed by atoms with van der Waals surface area (Å²) in [6, 6.07) is 3.67. The molecule has 86 valence electrons. The molecule has 4 nitrogen and oxygen atoms in total. The Bertz CT molecular complexity index is 236. The Balaban J connectivity index is 1.99. The zero-order chi connectivity index (χ0) is 10.9. The quantitative estimate of drug-likeness (QED) is 0.636. The van der Waals surface area contributed by atoms with Crippen LogP contribution in [-0.4, -0.2) is 30.9 Å². The van der Waals surface area contributed by atoms with Crippen LogP contribution in [0.3, 0.4) is 0 Å². The van der Waals surface area contributed by atoms with Crippen LogP contribution in [0, 0.1) is 0 Å². The summed E-state index contributed by atoms with van der Waals surface area (Å²) in [7, 11) is 0. The van der Waals surface area contributed by atoms with Crippen molar-refractivity contribution < 1.29 is 14.3 Å².